The van der Waals surface area contributed by atoms with Gasteiger partial charge in [0, 0.05) is 19.1 Å². The van der Waals surface area contributed by atoms with Gasteiger partial charge in [0.1, 0.15) is 10.6 Å². The topological polar surface area (TPSA) is 84.9 Å². The fourth-order valence-electron chi connectivity index (χ4n) is 2.67. The van der Waals surface area contributed by atoms with E-state index in [0.717, 1.165) is 5.56 Å². The quantitative estimate of drug-likeness (QED) is 0.871. The number of rotatable bonds is 5. The second-order valence-electron chi connectivity index (χ2n) is 5.74. The number of hydrogen-bond donors (Lipinski definition) is 1. The third-order valence-corrected chi connectivity index (χ3v) is 5.49. The molecule has 1 aliphatic heterocycles. The van der Waals surface area contributed by atoms with Gasteiger partial charge < -0.3 is 14.4 Å². The minimum absolute atomic E-state index is 0.137. The van der Waals surface area contributed by atoms with Crippen molar-refractivity contribution in [3.63, 3.8) is 0 Å². The Labute approximate surface area is 143 Å². The number of piperidine rings is 1. The van der Waals surface area contributed by atoms with Crippen LogP contribution in [-0.4, -0.2) is 52.3 Å². The van der Waals surface area contributed by atoms with Crippen molar-refractivity contribution in [2.45, 2.75) is 37.6 Å². The van der Waals surface area contributed by atoms with Gasteiger partial charge in [-0.25, -0.2) is 17.9 Å². The number of methoxy groups -OCH3 is 1. The molecule has 1 fully saturated rings. The molecule has 1 aromatic rings. The zero-order chi connectivity index (χ0) is 17.7. The summed E-state index contributed by atoms with van der Waals surface area (Å²) in [6, 6.07) is 4.82. The Kier molecular flexibility index (Phi) is 6.06. The minimum atomic E-state index is -3.68. The molecule has 0 bridgehead atoms. The molecule has 0 spiro atoms. The van der Waals surface area contributed by atoms with Crippen LogP contribution in [0.15, 0.2) is 23.1 Å². The van der Waals surface area contributed by atoms with Gasteiger partial charge in [-0.3, -0.25) is 0 Å². The standard InChI is InChI=1S/C16H24N2O5S/c1-4-23-16(19)18-9-7-13(8-10-18)17-24(20,21)15-11-12(2)5-6-14(15)22-3/h5-6,11,13,17H,4,7-10H2,1-3H3. The van der Waals surface area contributed by atoms with Crippen LogP contribution < -0.4 is 9.46 Å². The third kappa shape index (κ3) is 4.39. The van der Waals surface area contributed by atoms with Crippen LogP contribution in [0.1, 0.15) is 25.3 Å². The Morgan fingerprint density at radius 3 is 2.58 bits per heavy atom. The van der Waals surface area contributed by atoms with E-state index in [1.165, 1.54) is 7.11 Å². The van der Waals surface area contributed by atoms with Gasteiger partial charge in [-0.05, 0) is 44.4 Å². The van der Waals surface area contributed by atoms with Crippen molar-refractivity contribution in [3.05, 3.63) is 23.8 Å². The highest BCUT2D eigenvalue weighted by Gasteiger charge is 2.28. The first-order valence-electron chi connectivity index (χ1n) is 7.96. The predicted molar refractivity (Wildman–Crippen MR) is 89.7 cm³/mol. The minimum Gasteiger partial charge on any atom is -0.495 e. The zero-order valence-corrected chi connectivity index (χ0v) is 15.1. The molecule has 1 aliphatic rings. The summed E-state index contributed by atoms with van der Waals surface area (Å²) < 4.78 is 38.2. The fourth-order valence-corrected chi connectivity index (χ4v) is 4.23. The van der Waals surface area contributed by atoms with Gasteiger partial charge in [-0.15, -0.1) is 0 Å². The maximum Gasteiger partial charge on any atom is 0.409 e. The van der Waals surface area contributed by atoms with Crippen molar-refractivity contribution < 1.29 is 22.7 Å². The van der Waals surface area contributed by atoms with Crippen molar-refractivity contribution in [3.8, 4) is 5.75 Å². The molecule has 0 radical (unpaired) electrons. The lowest BCUT2D eigenvalue weighted by Gasteiger charge is -2.31. The molecule has 0 saturated carbocycles. The van der Waals surface area contributed by atoms with Crippen molar-refractivity contribution in [2.24, 2.45) is 0 Å². The largest absolute Gasteiger partial charge is 0.495 e. The molecule has 134 valence electrons. The van der Waals surface area contributed by atoms with Gasteiger partial charge in [0.05, 0.1) is 13.7 Å². The highest BCUT2D eigenvalue weighted by molar-refractivity contribution is 7.89. The van der Waals surface area contributed by atoms with Crippen LogP contribution in [0.4, 0.5) is 4.79 Å². The van der Waals surface area contributed by atoms with Crippen LogP contribution in [0.25, 0.3) is 0 Å². The number of amides is 1. The molecule has 1 N–H and O–H groups in total. The van der Waals surface area contributed by atoms with E-state index in [-0.39, 0.29) is 17.0 Å². The second-order valence-corrected chi connectivity index (χ2v) is 7.42. The monoisotopic (exact) mass is 356 g/mol. The Balaban J connectivity index is 2.04. The SMILES string of the molecule is CCOC(=O)N1CCC(NS(=O)(=O)c2cc(C)ccc2OC)CC1. The Morgan fingerprint density at radius 1 is 1.33 bits per heavy atom. The maximum absolute atomic E-state index is 12.7. The van der Waals surface area contributed by atoms with Crippen LogP contribution in [0, 0.1) is 6.92 Å². The van der Waals surface area contributed by atoms with Crippen molar-refractivity contribution in [1.82, 2.24) is 9.62 Å². The summed E-state index contributed by atoms with van der Waals surface area (Å²) in [7, 11) is -2.24. The number of aryl methyl sites for hydroxylation is 1. The van der Waals surface area contributed by atoms with Crippen LogP contribution in [0.3, 0.4) is 0 Å². The molecule has 0 aromatic heterocycles. The van der Waals surface area contributed by atoms with Crippen LogP contribution in [0.2, 0.25) is 0 Å². The summed E-state index contributed by atoms with van der Waals surface area (Å²) in [4.78, 5) is 13.4. The Morgan fingerprint density at radius 2 is 2.00 bits per heavy atom. The first-order chi connectivity index (χ1) is 11.4. The summed E-state index contributed by atoms with van der Waals surface area (Å²) in [6.07, 6.45) is 0.748. The molecular weight excluding hydrogens is 332 g/mol. The number of ether oxygens (including phenoxy) is 2. The van der Waals surface area contributed by atoms with E-state index in [2.05, 4.69) is 4.72 Å². The van der Waals surface area contributed by atoms with Gasteiger partial charge in [-0.1, -0.05) is 6.07 Å². The first kappa shape index (κ1) is 18.5. The van der Waals surface area contributed by atoms with E-state index in [1.807, 2.05) is 6.92 Å². The number of nitrogens with zero attached hydrogens (tertiary/aromatic N) is 1. The number of carbonyl (C=O) groups is 1. The predicted octanol–water partition coefficient (Wildman–Crippen LogP) is 1.90. The van der Waals surface area contributed by atoms with Gasteiger partial charge in [0.25, 0.3) is 0 Å². The summed E-state index contributed by atoms with van der Waals surface area (Å²) in [5, 5.41) is 0. The summed E-state index contributed by atoms with van der Waals surface area (Å²) >= 11 is 0. The molecule has 8 heteroatoms. The van der Waals surface area contributed by atoms with Gasteiger partial charge >= 0.3 is 6.09 Å². The van der Waals surface area contributed by atoms with Crippen molar-refractivity contribution in [1.29, 1.82) is 0 Å². The number of benzene rings is 1. The zero-order valence-electron chi connectivity index (χ0n) is 14.2. The molecule has 24 heavy (non-hydrogen) atoms. The molecule has 0 aliphatic carbocycles. The molecule has 2 rings (SSSR count). The number of nitrogens with one attached hydrogen (secondary N) is 1. The van der Waals surface area contributed by atoms with E-state index in [1.54, 1.807) is 30.0 Å². The Hall–Kier alpha value is -1.80. The van der Waals surface area contributed by atoms with Gasteiger partial charge in [0.2, 0.25) is 10.0 Å². The Bertz CT molecular complexity index is 682. The molecule has 7 nitrogen and oxygen atoms in total. The third-order valence-electron chi connectivity index (χ3n) is 3.95. The van der Waals surface area contributed by atoms with E-state index in [0.29, 0.717) is 38.3 Å². The maximum atomic E-state index is 12.7. The lowest BCUT2D eigenvalue weighted by molar-refractivity contribution is 0.0966. The number of hydrogen-bond acceptors (Lipinski definition) is 5. The lowest BCUT2D eigenvalue weighted by Crippen LogP contribution is -2.46. The molecule has 1 aromatic carbocycles. The molecule has 0 unspecified atom stereocenters. The van der Waals surface area contributed by atoms with Gasteiger partial charge in [0.15, 0.2) is 0 Å². The summed E-state index contributed by atoms with van der Waals surface area (Å²) in [5.41, 5.74) is 0.841. The fraction of sp³-hybridized carbons (Fsp3) is 0.562. The van der Waals surface area contributed by atoms with E-state index < -0.39 is 10.0 Å². The smallest absolute Gasteiger partial charge is 0.409 e. The van der Waals surface area contributed by atoms with Crippen molar-refractivity contribution >= 4 is 16.1 Å². The number of sulfonamides is 1. The highest BCUT2D eigenvalue weighted by Crippen LogP contribution is 2.25. The van der Waals surface area contributed by atoms with E-state index in [9.17, 15) is 13.2 Å². The van der Waals surface area contributed by atoms with Crippen molar-refractivity contribution in [2.75, 3.05) is 26.8 Å². The molecule has 1 heterocycles. The normalized spacial score (nSPS) is 16.0. The number of carbonyl (C=O) groups excluding carboxylic acids is 1. The molecule has 0 atom stereocenters. The lowest BCUT2D eigenvalue weighted by atomic mass is 10.1. The van der Waals surface area contributed by atoms with E-state index in [4.69, 9.17) is 9.47 Å². The summed E-state index contributed by atoms with van der Waals surface area (Å²) in [6.45, 7) is 4.86. The summed E-state index contributed by atoms with van der Waals surface area (Å²) in [5.74, 6) is 0.317. The first-order valence-corrected chi connectivity index (χ1v) is 9.44. The molecule has 1 saturated heterocycles. The van der Waals surface area contributed by atoms with E-state index >= 15 is 0 Å². The number of likely N-dealkylation sites (tertiary alicyclic amines) is 1. The van der Waals surface area contributed by atoms with Gasteiger partial charge in [-0.2, -0.15) is 0 Å². The second kappa shape index (κ2) is 7.85. The average molecular weight is 356 g/mol. The van der Waals surface area contributed by atoms with Crippen LogP contribution in [-0.2, 0) is 14.8 Å². The average Bonchev–Trinajstić information content (AvgIpc) is 2.55. The van der Waals surface area contributed by atoms with Crippen LogP contribution >= 0.6 is 0 Å². The highest BCUT2D eigenvalue weighted by atomic mass is 32.2. The van der Waals surface area contributed by atoms with Crippen LogP contribution in [0.5, 0.6) is 5.75 Å². The molecule has 1 amide bonds. The molecular formula is C16H24N2O5S.